The molecule has 1 aliphatic rings. The highest BCUT2D eigenvalue weighted by Gasteiger charge is 2.28. The Bertz CT molecular complexity index is 361. The molecule has 0 unspecified atom stereocenters. The quantitative estimate of drug-likeness (QED) is 0.653. The maximum Gasteiger partial charge on any atom is 0.113 e. The minimum absolute atomic E-state index is 0.354. The van der Waals surface area contributed by atoms with Crippen molar-refractivity contribution >= 4 is 0 Å². The number of nitrogens with one attached hydrogen (secondary N) is 2. The molecule has 0 amide bonds. The molecule has 0 saturated carbocycles. The summed E-state index contributed by atoms with van der Waals surface area (Å²) in [4.78, 5) is 8.42. The number of nitrogens with zero attached hydrogens (tertiary/aromatic N) is 2. The van der Waals surface area contributed by atoms with Gasteiger partial charge in [-0.15, -0.1) is 0 Å². The first-order valence-corrected chi connectivity index (χ1v) is 6.17. The fraction of sp³-hybridized carbons (Fsp3) is 0.667. The molecular formula is C12H20N4O2. The van der Waals surface area contributed by atoms with Crippen LogP contribution in [-0.4, -0.2) is 53.5 Å². The van der Waals surface area contributed by atoms with Crippen LogP contribution in [0.15, 0.2) is 12.4 Å². The Morgan fingerprint density at radius 3 is 3.17 bits per heavy atom. The van der Waals surface area contributed by atoms with Gasteiger partial charge in [-0.05, 0) is 6.92 Å². The lowest BCUT2D eigenvalue weighted by molar-refractivity contribution is -0.0264. The van der Waals surface area contributed by atoms with Crippen LogP contribution in [0.2, 0.25) is 0 Å². The normalized spacial score (nSPS) is 24.8. The van der Waals surface area contributed by atoms with Gasteiger partial charge in [-0.3, -0.25) is 9.97 Å². The summed E-state index contributed by atoms with van der Waals surface area (Å²) in [7, 11) is 0. The predicted molar refractivity (Wildman–Crippen MR) is 67.1 cm³/mol. The van der Waals surface area contributed by atoms with Crippen molar-refractivity contribution in [3.8, 4) is 0 Å². The summed E-state index contributed by atoms with van der Waals surface area (Å²) < 4.78 is 5.35. The summed E-state index contributed by atoms with van der Waals surface area (Å²) in [5.74, 6) is 0. The Kier molecular flexibility index (Phi) is 4.60. The maximum atomic E-state index is 10.3. The highest BCUT2D eigenvalue weighted by Crippen LogP contribution is 2.05. The summed E-state index contributed by atoms with van der Waals surface area (Å²) in [5.41, 5.74) is 0.916. The van der Waals surface area contributed by atoms with E-state index in [1.165, 1.54) is 0 Å². The van der Waals surface area contributed by atoms with Crippen LogP contribution >= 0.6 is 0 Å². The van der Waals surface area contributed by atoms with E-state index in [-0.39, 0.29) is 0 Å². The summed E-state index contributed by atoms with van der Waals surface area (Å²) in [6.07, 6.45) is 3.48. The van der Waals surface area contributed by atoms with E-state index in [1.807, 2.05) is 6.92 Å². The summed E-state index contributed by atoms with van der Waals surface area (Å²) in [5, 5.41) is 16.6. The maximum absolute atomic E-state index is 10.3. The largest absolute Gasteiger partial charge is 0.385 e. The molecule has 0 radical (unpaired) electrons. The van der Waals surface area contributed by atoms with E-state index in [1.54, 1.807) is 12.4 Å². The molecule has 1 aromatic rings. The van der Waals surface area contributed by atoms with Gasteiger partial charge in [0.05, 0.1) is 24.6 Å². The average Bonchev–Trinajstić information content (AvgIpc) is 2.57. The highest BCUT2D eigenvalue weighted by molar-refractivity contribution is 5.00. The number of hydrogen-bond acceptors (Lipinski definition) is 6. The first-order valence-electron chi connectivity index (χ1n) is 6.17. The second-order valence-corrected chi connectivity index (χ2v) is 4.71. The zero-order valence-electron chi connectivity index (χ0n) is 10.6. The zero-order valence-corrected chi connectivity index (χ0v) is 10.6. The third-order valence-electron chi connectivity index (χ3n) is 2.84. The van der Waals surface area contributed by atoms with Crippen molar-refractivity contribution in [3.05, 3.63) is 23.8 Å². The van der Waals surface area contributed by atoms with E-state index in [0.717, 1.165) is 17.9 Å². The molecule has 1 aliphatic heterocycles. The van der Waals surface area contributed by atoms with E-state index in [0.29, 0.717) is 32.8 Å². The van der Waals surface area contributed by atoms with E-state index in [2.05, 4.69) is 20.6 Å². The number of β-amino-alcohol motifs (C(OH)–C–C–N with tert-alkyl or cyclic N) is 1. The van der Waals surface area contributed by atoms with Gasteiger partial charge in [0, 0.05) is 38.6 Å². The van der Waals surface area contributed by atoms with Crippen LogP contribution in [0.1, 0.15) is 11.4 Å². The van der Waals surface area contributed by atoms with Gasteiger partial charge in [0.2, 0.25) is 0 Å². The molecule has 6 heteroatoms. The second kappa shape index (κ2) is 6.19. The molecule has 2 rings (SSSR count). The second-order valence-electron chi connectivity index (χ2n) is 4.71. The van der Waals surface area contributed by atoms with E-state index in [9.17, 15) is 5.11 Å². The Hall–Kier alpha value is -1.08. The monoisotopic (exact) mass is 252 g/mol. The third-order valence-corrected chi connectivity index (χ3v) is 2.84. The number of ether oxygens (including phenoxy) is 1. The number of aryl methyl sites for hydroxylation is 1. The molecule has 1 atom stereocenters. The molecule has 0 aromatic carbocycles. The molecule has 0 bridgehead atoms. The van der Waals surface area contributed by atoms with Crippen molar-refractivity contribution in [2.45, 2.75) is 19.1 Å². The standard InChI is InChI=1S/C12H20N4O2/c1-10-4-16-11(6-15-10)5-14-8-12(17)7-13-2-3-18-9-12/h4,6,13-14,17H,2-3,5,7-9H2,1H3/t12-/m1/s1. The van der Waals surface area contributed by atoms with Crippen molar-refractivity contribution in [1.29, 1.82) is 0 Å². The Labute approximate surface area is 107 Å². The number of aliphatic hydroxyl groups is 1. The minimum Gasteiger partial charge on any atom is -0.385 e. The lowest BCUT2D eigenvalue weighted by atomic mass is 10.1. The van der Waals surface area contributed by atoms with Gasteiger partial charge in [0.15, 0.2) is 0 Å². The third kappa shape index (κ3) is 3.99. The average molecular weight is 252 g/mol. The summed E-state index contributed by atoms with van der Waals surface area (Å²) in [6, 6.07) is 0. The summed E-state index contributed by atoms with van der Waals surface area (Å²) in [6.45, 7) is 5.29. The predicted octanol–water partition coefficient (Wildman–Crippen LogP) is -0.774. The lowest BCUT2D eigenvalue weighted by Crippen LogP contribution is -2.50. The van der Waals surface area contributed by atoms with Crippen LogP contribution in [0.3, 0.4) is 0 Å². The highest BCUT2D eigenvalue weighted by atomic mass is 16.5. The van der Waals surface area contributed by atoms with Gasteiger partial charge in [-0.25, -0.2) is 0 Å². The smallest absolute Gasteiger partial charge is 0.113 e. The number of rotatable bonds is 4. The van der Waals surface area contributed by atoms with Gasteiger partial charge in [0.25, 0.3) is 0 Å². The first kappa shape index (κ1) is 13.4. The van der Waals surface area contributed by atoms with Gasteiger partial charge in [-0.2, -0.15) is 0 Å². The topological polar surface area (TPSA) is 79.3 Å². The zero-order chi connectivity index (χ0) is 12.8. The molecule has 2 heterocycles. The minimum atomic E-state index is -0.853. The molecule has 3 N–H and O–H groups in total. The number of aromatic nitrogens is 2. The van der Waals surface area contributed by atoms with Crippen molar-refractivity contribution < 1.29 is 9.84 Å². The van der Waals surface area contributed by atoms with Gasteiger partial charge >= 0.3 is 0 Å². The van der Waals surface area contributed by atoms with Crippen LogP contribution in [-0.2, 0) is 11.3 Å². The van der Waals surface area contributed by atoms with Crippen LogP contribution in [0.5, 0.6) is 0 Å². The summed E-state index contributed by atoms with van der Waals surface area (Å²) >= 11 is 0. The van der Waals surface area contributed by atoms with Crippen LogP contribution in [0.4, 0.5) is 0 Å². The molecular weight excluding hydrogens is 232 g/mol. The Balaban J connectivity index is 1.78. The SMILES string of the molecule is Cc1cnc(CNC[C@]2(O)CNCCOC2)cn1. The molecule has 1 aromatic heterocycles. The first-order chi connectivity index (χ1) is 8.68. The molecule has 0 spiro atoms. The van der Waals surface area contributed by atoms with Crippen molar-refractivity contribution in [3.63, 3.8) is 0 Å². The van der Waals surface area contributed by atoms with Crippen LogP contribution in [0.25, 0.3) is 0 Å². The molecule has 0 aliphatic carbocycles. The molecule has 6 nitrogen and oxygen atoms in total. The number of hydrogen-bond donors (Lipinski definition) is 3. The molecule has 100 valence electrons. The van der Waals surface area contributed by atoms with Gasteiger partial charge in [0.1, 0.15) is 5.60 Å². The van der Waals surface area contributed by atoms with E-state index >= 15 is 0 Å². The molecule has 1 fully saturated rings. The van der Waals surface area contributed by atoms with E-state index < -0.39 is 5.60 Å². The van der Waals surface area contributed by atoms with Crippen molar-refractivity contribution in [2.24, 2.45) is 0 Å². The van der Waals surface area contributed by atoms with E-state index in [4.69, 9.17) is 4.74 Å². The Morgan fingerprint density at radius 1 is 1.50 bits per heavy atom. The van der Waals surface area contributed by atoms with Crippen molar-refractivity contribution in [2.75, 3.05) is 32.8 Å². The Morgan fingerprint density at radius 2 is 2.39 bits per heavy atom. The van der Waals surface area contributed by atoms with Gasteiger partial charge in [-0.1, -0.05) is 0 Å². The van der Waals surface area contributed by atoms with Gasteiger partial charge < -0.3 is 20.5 Å². The molecule has 1 saturated heterocycles. The molecule has 18 heavy (non-hydrogen) atoms. The fourth-order valence-electron chi connectivity index (χ4n) is 1.83. The fourth-order valence-corrected chi connectivity index (χ4v) is 1.83. The van der Waals surface area contributed by atoms with Crippen molar-refractivity contribution in [1.82, 2.24) is 20.6 Å². The van der Waals surface area contributed by atoms with Crippen LogP contribution in [0, 0.1) is 6.92 Å². The van der Waals surface area contributed by atoms with Crippen LogP contribution < -0.4 is 10.6 Å². The lowest BCUT2D eigenvalue weighted by Gasteiger charge is -2.26.